The molecular formula is C27H36N2O4. The molecule has 0 radical (unpaired) electrons. The minimum atomic E-state index is -0.0757. The van der Waals surface area contributed by atoms with Crippen molar-refractivity contribution >= 4 is 17.5 Å². The van der Waals surface area contributed by atoms with E-state index in [1.54, 1.807) is 20.1 Å². The summed E-state index contributed by atoms with van der Waals surface area (Å²) in [5, 5.41) is 2.96. The molecule has 0 aromatic heterocycles. The van der Waals surface area contributed by atoms with Crippen molar-refractivity contribution in [2.45, 2.75) is 65.3 Å². The molecule has 1 N–H and O–H groups in total. The van der Waals surface area contributed by atoms with E-state index >= 15 is 0 Å². The SMILES string of the molecule is COCCCCNC(=O)c1ccc(Oc2ccc(N(C(C)=O)C3CCCC3)cc2C)cc1C. The van der Waals surface area contributed by atoms with Crippen LogP contribution in [0.5, 0.6) is 11.5 Å². The number of benzene rings is 2. The number of rotatable bonds is 10. The summed E-state index contributed by atoms with van der Waals surface area (Å²) in [4.78, 5) is 26.7. The summed E-state index contributed by atoms with van der Waals surface area (Å²) in [6, 6.07) is 11.7. The van der Waals surface area contributed by atoms with Crippen molar-refractivity contribution in [3.05, 3.63) is 53.1 Å². The van der Waals surface area contributed by atoms with E-state index in [9.17, 15) is 9.59 Å². The minimum Gasteiger partial charge on any atom is -0.457 e. The molecule has 0 bridgehead atoms. The second kappa shape index (κ2) is 11.8. The maximum absolute atomic E-state index is 12.5. The molecule has 0 aliphatic heterocycles. The van der Waals surface area contributed by atoms with Gasteiger partial charge in [-0.05, 0) is 87.1 Å². The molecule has 6 heteroatoms. The lowest BCUT2D eigenvalue weighted by atomic mass is 10.1. The van der Waals surface area contributed by atoms with E-state index in [-0.39, 0.29) is 17.9 Å². The van der Waals surface area contributed by atoms with Gasteiger partial charge < -0.3 is 19.7 Å². The van der Waals surface area contributed by atoms with Crippen LogP contribution in [-0.2, 0) is 9.53 Å². The number of ether oxygens (including phenoxy) is 2. The van der Waals surface area contributed by atoms with Crippen LogP contribution in [-0.4, -0.2) is 38.1 Å². The zero-order valence-electron chi connectivity index (χ0n) is 20.3. The maximum atomic E-state index is 12.5. The molecular weight excluding hydrogens is 416 g/mol. The summed E-state index contributed by atoms with van der Waals surface area (Å²) in [5.74, 6) is 1.43. The quantitative estimate of drug-likeness (QED) is 0.480. The average Bonchev–Trinajstić information content (AvgIpc) is 3.29. The minimum absolute atomic E-state index is 0.0757. The standard InChI is InChI=1S/C27H36N2O4/c1-19-18-24(12-13-25(19)27(31)28-15-7-8-16-32-4)33-26-14-11-23(17-20(26)2)29(21(3)30)22-9-5-6-10-22/h11-14,17-18,22H,5-10,15-16H2,1-4H3,(H,28,31). The molecule has 0 atom stereocenters. The predicted octanol–water partition coefficient (Wildman–Crippen LogP) is 5.55. The first-order chi connectivity index (χ1) is 15.9. The molecule has 178 valence electrons. The molecule has 6 nitrogen and oxygen atoms in total. The van der Waals surface area contributed by atoms with Crippen LogP contribution in [0.3, 0.4) is 0 Å². The van der Waals surface area contributed by atoms with E-state index in [0.29, 0.717) is 24.5 Å². The summed E-state index contributed by atoms with van der Waals surface area (Å²) in [6.45, 7) is 6.87. The summed E-state index contributed by atoms with van der Waals surface area (Å²) >= 11 is 0. The van der Waals surface area contributed by atoms with Gasteiger partial charge in [-0.3, -0.25) is 9.59 Å². The van der Waals surface area contributed by atoms with Gasteiger partial charge in [0.1, 0.15) is 11.5 Å². The van der Waals surface area contributed by atoms with E-state index in [2.05, 4.69) is 5.32 Å². The van der Waals surface area contributed by atoms with Gasteiger partial charge in [0.2, 0.25) is 5.91 Å². The highest BCUT2D eigenvalue weighted by Crippen LogP contribution is 2.33. The van der Waals surface area contributed by atoms with Gasteiger partial charge in [-0.25, -0.2) is 0 Å². The number of hydrogen-bond acceptors (Lipinski definition) is 4. The second-order valence-corrected chi connectivity index (χ2v) is 8.81. The molecule has 0 unspecified atom stereocenters. The Morgan fingerprint density at radius 1 is 1.03 bits per heavy atom. The van der Waals surface area contributed by atoms with Crippen LogP contribution >= 0.6 is 0 Å². The van der Waals surface area contributed by atoms with Gasteiger partial charge in [-0.1, -0.05) is 12.8 Å². The number of aryl methyl sites for hydroxylation is 2. The van der Waals surface area contributed by atoms with Gasteiger partial charge in [-0.15, -0.1) is 0 Å². The molecule has 2 aromatic rings. The number of unbranched alkanes of at least 4 members (excludes halogenated alkanes) is 1. The topological polar surface area (TPSA) is 67.9 Å². The fraction of sp³-hybridized carbons (Fsp3) is 0.481. The smallest absolute Gasteiger partial charge is 0.251 e. The van der Waals surface area contributed by atoms with E-state index in [1.165, 1.54) is 12.8 Å². The van der Waals surface area contributed by atoms with Crippen molar-refractivity contribution in [2.75, 3.05) is 25.2 Å². The first-order valence-corrected chi connectivity index (χ1v) is 11.9. The van der Waals surface area contributed by atoms with Crippen molar-refractivity contribution in [3.8, 4) is 11.5 Å². The fourth-order valence-electron chi connectivity index (χ4n) is 4.46. The predicted molar refractivity (Wildman–Crippen MR) is 131 cm³/mol. The maximum Gasteiger partial charge on any atom is 0.251 e. The summed E-state index contributed by atoms with van der Waals surface area (Å²) < 4.78 is 11.2. The lowest BCUT2D eigenvalue weighted by molar-refractivity contribution is -0.117. The van der Waals surface area contributed by atoms with E-state index in [1.807, 2.05) is 49.1 Å². The first-order valence-electron chi connectivity index (χ1n) is 11.9. The Bertz CT molecular complexity index is 967. The van der Waals surface area contributed by atoms with Crippen LogP contribution in [0.2, 0.25) is 0 Å². The average molecular weight is 453 g/mol. The number of nitrogens with one attached hydrogen (secondary N) is 1. The number of carbonyl (C=O) groups excluding carboxylic acids is 2. The number of nitrogens with zero attached hydrogens (tertiary/aromatic N) is 1. The molecule has 0 heterocycles. The Morgan fingerprint density at radius 2 is 1.79 bits per heavy atom. The normalized spacial score (nSPS) is 13.7. The molecule has 1 saturated carbocycles. The number of hydrogen-bond donors (Lipinski definition) is 1. The van der Waals surface area contributed by atoms with Crippen molar-refractivity contribution < 1.29 is 19.1 Å². The number of amides is 2. The third-order valence-corrected chi connectivity index (χ3v) is 6.20. The lowest BCUT2D eigenvalue weighted by Gasteiger charge is -2.28. The monoisotopic (exact) mass is 452 g/mol. The van der Waals surface area contributed by atoms with Crippen LogP contribution in [0.15, 0.2) is 36.4 Å². The van der Waals surface area contributed by atoms with Gasteiger partial charge in [0.15, 0.2) is 0 Å². The molecule has 2 aromatic carbocycles. The van der Waals surface area contributed by atoms with Crippen molar-refractivity contribution in [1.82, 2.24) is 5.32 Å². The zero-order valence-corrected chi connectivity index (χ0v) is 20.3. The Labute approximate surface area is 197 Å². The number of carbonyl (C=O) groups is 2. The van der Waals surface area contributed by atoms with Gasteiger partial charge in [0, 0.05) is 44.5 Å². The third-order valence-electron chi connectivity index (χ3n) is 6.20. The van der Waals surface area contributed by atoms with E-state index in [0.717, 1.165) is 48.2 Å². The van der Waals surface area contributed by atoms with Crippen LogP contribution in [0.25, 0.3) is 0 Å². The molecule has 0 spiro atoms. The van der Waals surface area contributed by atoms with Gasteiger partial charge in [0.25, 0.3) is 5.91 Å². The van der Waals surface area contributed by atoms with Crippen LogP contribution in [0.1, 0.15) is 66.9 Å². The van der Waals surface area contributed by atoms with Crippen molar-refractivity contribution in [3.63, 3.8) is 0 Å². The summed E-state index contributed by atoms with van der Waals surface area (Å²) in [7, 11) is 1.68. The highest BCUT2D eigenvalue weighted by molar-refractivity contribution is 5.95. The highest BCUT2D eigenvalue weighted by Gasteiger charge is 2.26. The Morgan fingerprint density at radius 3 is 2.42 bits per heavy atom. The van der Waals surface area contributed by atoms with Gasteiger partial charge in [-0.2, -0.15) is 0 Å². The first kappa shape index (κ1) is 24.8. The Hall–Kier alpha value is -2.86. The van der Waals surface area contributed by atoms with Crippen molar-refractivity contribution in [1.29, 1.82) is 0 Å². The van der Waals surface area contributed by atoms with E-state index < -0.39 is 0 Å². The highest BCUT2D eigenvalue weighted by atomic mass is 16.5. The van der Waals surface area contributed by atoms with Crippen LogP contribution < -0.4 is 15.0 Å². The van der Waals surface area contributed by atoms with Crippen LogP contribution in [0, 0.1) is 13.8 Å². The summed E-state index contributed by atoms with van der Waals surface area (Å²) in [6.07, 6.45) is 6.28. The number of anilines is 1. The molecule has 1 aliphatic rings. The van der Waals surface area contributed by atoms with Gasteiger partial charge >= 0.3 is 0 Å². The lowest BCUT2D eigenvalue weighted by Crippen LogP contribution is -2.37. The van der Waals surface area contributed by atoms with Crippen LogP contribution in [0.4, 0.5) is 5.69 Å². The Balaban J connectivity index is 1.66. The number of methoxy groups -OCH3 is 1. The molecule has 33 heavy (non-hydrogen) atoms. The van der Waals surface area contributed by atoms with Gasteiger partial charge in [0.05, 0.1) is 0 Å². The second-order valence-electron chi connectivity index (χ2n) is 8.81. The summed E-state index contributed by atoms with van der Waals surface area (Å²) in [5.41, 5.74) is 3.40. The van der Waals surface area contributed by atoms with Crippen molar-refractivity contribution in [2.24, 2.45) is 0 Å². The largest absolute Gasteiger partial charge is 0.457 e. The molecule has 2 amide bonds. The third kappa shape index (κ3) is 6.57. The molecule has 1 aliphatic carbocycles. The van der Waals surface area contributed by atoms with E-state index in [4.69, 9.17) is 9.47 Å². The zero-order chi connectivity index (χ0) is 23.8. The fourth-order valence-corrected chi connectivity index (χ4v) is 4.46. The molecule has 1 fully saturated rings. The molecule has 0 saturated heterocycles. The Kier molecular flexibility index (Phi) is 8.89. The molecule has 3 rings (SSSR count).